The van der Waals surface area contributed by atoms with E-state index >= 15 is 4.39 Å². The maximum absolute atomic E-state index is 15.7. The topological polar surface area (TPSA) is 85.3 Å². The van der Waals surface area contributed by atoms with Gasteiger partial charge < -0.3 is 39.5 Å². The fraction of sp³-hybridized carbons (Fsp3) is 0.500. The molecule has 0 aliphatic carbocycles. The summed E-state index contributed by atoms with van der Waals surface area (Å²) in [6, 6.07) is 8.63. The van der Waals surface area contributed by atoms with Crippen molar-refractivity contribution in [3.63, 3.8) is 0 Å². The van der Waals surface area contributed by atoms with E-state index < -0.39 is 17.2 Å². The molecule has 4 heterocycles. The van der Waals surface area contributed by atoms with E-state index in [1.165, 1.54) is 6.07 Å². The lowest BCUT2D eigenvalue weighted by molar-refractivity contribution is 0.0948. The number of ether oxygens (including phenoxy) is 1. The lowest BCUT2D eigenvalue weighted by Crippen LogP contribution is -2.45. The van der Waals surface area contributed by atoms with Crippen molar-refractivity contribution >= 4 is 22.5 Å². The van der Waals surface area contributed by atoms with Crippen molar-refractivity contribution in [2.24, 2.45) is 0 Å². The van der Waals surface area contributed by atoms with Gasteiger partial charge in [0, 0.05) is 71.6 Å². The van der Waals surface area contributed by atoms with Crippen LogP contribution in [0.25, 0.3) is 16.6 Å². The molecule has 0 atom stereocenters. The summed E-state index contributed by atoms with van der Waals surface area (Å²) in [5.41, 5.74) is 0.860. The SMILES string of the molecule is CN1CCN(CCCNC(=O)c2cn3c4c(c(NCCCN5CCN(C)CC5)c(F)cc4c2=O)Oc2ccccc2-3)CC1. The maximum atomic E-state index is 15.7. The number of piperazine rings is 2. The largest absolute Gasteiger partial charge is 0.451 e. The molecule has 0 saturated carbocycles. The van der Waals surface area contributed by atoms with Crippen molar-refractivity contribution in [3.05, 3.63) is 58.1 Å². The van der Waals surface area contributed by atoms with Gasteiger partial charge in [0.1, 0.15) is 16.8 Å². The Hall–Kier alpha value is -3.51. The van der Waals surface area contributed by atoms with Crippen molar-refractivity contribution in [3.8, 4) is 17.2 Å². The van der Waals surface area contributed by atoms with Gasteiger partial charge in [0.05, 0.1) is 11.1 Å². The Morgan fingerprint density at radius 2 is 1.53 bits per heavy atom. The van der Waals surface area contributed by atoms with Crippen LogP contribution >= 0.6 is 0 Å². The molecule has 3 aliphatic heterocycles. The number of pyridine rings is 1. The molecular formula is C32H42FN7O3. The fourth-order valence-corrected chi connectivity index (χ4v) is 6.15. The minimum Gasteiger partial charge on any atom is -0.451 e. The second-order valence-electron chi connectivity index (χ2n) is 11.9. The van der Waals surface area contributed by atoms with Gasteiger partial charge in [-0.15, -0.1) is 0 Å². The lowest BCUT2D eigenvalue weighted by Gasteiger charge is -2.32. The normalized spacial score (nSPS) is 17.9. The van der Waals surface area contributed by atoms with Crippen LogP contribution in [0.15, 0.2) is 41.3 Å². The molecule has 3 aliphatic rings. The van der Waals surface area contributed by atoms with E-state index in [-0.39, 0.29) is 22.4 Å². The summed E-state index contributed by atoms with van der Waals surface area (Å²) in [5.74, 6) is -0.227. The number of hydrogen-bond donors (Lipinski definition) is 2. The molecule has 2 saturated heterocycles. The lowest BCUT2D eigenvalue weighted by atomic mass is 10.1. The molecule has 6 rings (SSSR count). The van der Waals surface area contributed by atoms with Crippen LogP contribution in [0.5, 0.6) is 11.5 Å². The van der Waals surface area contributed by atoms with E-state index in [0.717, 1.165) is 78.3 Å². The number of carbonyl (C=O) groups is 1. The first-order valence-electron chi connectivity index (χ1n) is 15.4. The highest BCUT2D eigenvalue weighted by molar-refractivity contribution is 6.01. The third-order valence-electron chi connectivity index (χ3n) is 8.86. The highest BCUT2D eigenvalue weighted by atomic mass is 19.1. The Morgan fingerprint density at radius 3 is 2.21 bits per heavy atom. The Morgan fingerprint density at radius 1 is 0.907 bits per heavy atom. The molecule has 2 aromatic carbocycles. The number of anilines is 1. The molecule has 1 amide bonds. The molecule has 2 fully saturated rings. The first kappa shape index (κ1) is 29.6. The van der Waals surface area contributed by atoms with E-state index in [0.29, 0.717) is 30.0 Å². The third-order valence-corrected chi connectivity index (χ3v) is 8.86. The number of carbonyl (C=O) groups excluding carboxylic acids is 1. The van der Waals surface area contributed by atoms with E-state index in [1.807, 2.05) is 24.3 Å². The quantitative estimate of drug-likeness (QED) is 0.273. The average Bonchev–Trinajstić information content (AvgIpc) is 3.01. The van der Waals surface area contributed by atoms with E-state index in [4.69, 9.17) is 4.74 Å². The number of nitrogens with zero attached hydrogens (tertiary/aromatic N) is 5. The second kappa shape index (κ2) is 13.0. The predicted molar refractivity (Wildman–Crippen MR) is 168 cm³/mol. The molecule has 11 heteroatoms. The predicted octanol–water partition coefficient (Wildman–Crippen LogP) is 2.65. The van der Waals surface area contributed by atoms with E-state index in [2.05, 4.69) is 44.3 Å². The van der Waals surface area contributed by atoms with Gasteiger partial charge in [0.25, 0.3) is 5.91 Å². The van der Waals surface area contributed by atoms with Crippen LogP contribution in [0.2, 0.25) is 0 Å². The zero-order valence-electron chi connectivity index (χ0n) is 25.2. The third kappa shape index (κ3) is 6.40. The highest BCUT2D eigenvalue weighted by Gasteiger charge is 2.28. The van der Waals surface area contributed by atoms with Crippen molar-refractivity contribution in [1.29, 1.82) is 0 Å². The van der Waals surface area contributed by atoms with Crippen molar-refractivity contribution in [2.45, 2.75) is 12.8 Å². The molecule has 1 aromatic heterocycles. The molecule has 10 nitrogen and oxygen atoms in total. The van der Waals surface area contributed by atoms with Crippen LogP contribution in [-0.2, 0) is 0 Å². The summed E-state index contributed by atoms with van der Waals surface area (Å²) in [6.07, 6.45) is 3.20. The second-order valence-corrected chi connectivity index (χ2v) is 11.9. The number of nitrogens with one attached hydrogen (secondary N) is 2. The number of hydrogen-bond acceptors (Lipinski definition) is 8. The number of halogens is 1. The number of amides is 1. The number of likely N-dealkylation sites (N-methyl/N-ethyl adjacent to an activating group) is 2. The van der Waals surface area contributed by atoms with Gasteiger partial charge in [0.2, 0.25) is 5.43 Å². The van der Waals surface area contributed by atoms with Crippen LogP contribution in [0.4, 0.5) is 10.1 Å². The fourth-order valence-electron chi connectivity index (χ4n) is 6.15. The average molecular weight is 592 g/mol. The first-order valence-corrected chi connectivity index (χ1v) is 15.4. The minimum absolute atomic E-state index is 0.0120. The van der Waals surface area contributed by atoms with E-state index in [9.17, 15) is 9.59 Å². The summed E-state index contributed by atoms with van der Waals surface area (Å²) in [7, 11) is 4.26. The monoisotopic (exact) mass is 591 g/mol. The minimum atomic E-state index is -0.574. The van der Waals surface area contributed by atoms with Crippen LogP contribution in [0.3, 0.4) is 0 Å². The Labute approximate surface area is 252 Å². The molecule has 0 unspecified atom stereocenters. The van der Waals surface area contributed by atoms with Gasteiger partial charge in [-0.2, -0.15) is 0 Å². The van der Waals surface area contributed by atoms with Crippen LogP contribution in [0, 0.1) is 5.82 Å². The zero-order valence-corrected chi connectivity index (χ0v) is 25.2. The Balaban J connectivity index is 1.21. The summed E-state index contributed by atoms with van der Waals surface area (Å²) in [4.78, 5) is 36.3. The van der Waals surface area contributed by atoms with Gasteiger partial charge in [-0.1, -0.05) is 12.1 Å². The summed E-state index contributed by atoms with van der Waals surface area (Å²) in [6.45, 7) is 11.1. The summed E-state index contributed by atoms with van der Waals surface area (Å²) in [5, 5.41) is 6.28. The van der Waals surface area contributed by atoms with Crippen molar-refractivity contribution < 1.29 is 13.9 Å². The Bertz CT molecular complexity index is 1530. The number of aromatic nitrogens is 1. The number of benzene rings is 2. The van der Waals surface area contributed by atoms with Crippen LogP contribution < -0.4 is 20.8 Å². The molecular weight excluding hydrogens is 549 g/mol. The standard InChI is InChI=1S/C32H42FN7O3/c1-36-13-17-38(18-14-36)11-5-9-34-28-25(33)21-23-29-31(28)43-27-8-4-3-7-26(27)40(29)22-24(30(23)41)32(42)35-10-6-12-39-19-15-37(2)16-20-39/h3-4,7-8,21-22,34H,5-6,9-20H2,1-2H3,(H,35,42). The number of rotatable bonds is 10. The first-order chi connectivity index (χ1) is 20.9. The number of fused-ring (bicyclic) bond motifs is 2. The van der Waals surface area contributed by atoms with Gasteiger partial charge in [-0.05, 0) is 58.2 Å². The zero-order chi connectivity index (χ0) is 29.9. The van der Waals surface area contributed by atoms with Gasteiger partial charge in [-0.25, -0.2) is 4.39 Å². The van der Waals surface area contributed by atoms with Crippen molar-refractivity contribution in [2.75, 3.05) is 97.9 Å². The van der Waals surface area contributed by atoms with Crippen LogP contribution in [0.1, 0.15) is 23.2 Å². The summed E-state index contributed by atoms with van der Waals surface area (Å²) < 4.78 is 23.7. The molecule has 0 radical (unpaired) electrons. The smallest absolute Gasteiger partial charge is 0.256 e. The summed E-state index contributed by atoms with van der Waals surface area (Å²) >= 11 is 0. The van der Waals surface area contributed by atoms with Crippen LogP contribution in [-0.4, -0.2) is 123 Å². The highest BCUT2D eigenvalue weighted by Crippen LogP contribution is 2.45. The van der Waals surface area contributed by atoms with E-state index in [1.54, 1.807) is 10.8 Å². The van der Waals surface area contributed by atoms with Crippen molar-refractivity contribution in [1.82, 2.24) is 29.5 Å². The van der Waals surface area contributed by atoms with Gasteiger partial charge >= 0.3 is 0 Å². The molecule has 43 heavy (non-hydrogen) atoms. The Kier molecular flexibility index (Phi) is 8.94. The number of para-hydroxylation sites is 2. The van der Waals surface area contributed by atoms with Gasteiger partial charge in [0.15, 0.2) is 17.3 Å². The molecule has 0 bridgehead atoms. The maximum Gasteiger partial charge on any atom is 0.256 e. The molecule has 3 aromatic rings. The molecule has 230 valence electrons. The molecule has 2 N–H and O–H groups in total. The van der Waals surface area contributed by atoms with Gasteiger partial charge in [-0.3, -0.25) is 9.59 Å². The molecule has 0 spiro atoms.